The number of anilines is 2. The Hall–Kier alpha value is -3.62. The van der Waals surface area contributed by atoms with Crippen LogP contribution in [0.5, 0.6) is 0 Å². The van der Waals surface area contributed by atoms with E-state index < -0.39 is 11.2 Å². The summed E-state index contributed by atoms with van der Waals surface area (Å²) in [7, 11) is 0. The summed E-state index contributed by atoms with van der Waals surface area (Å²) in [5.74, 6) is 1.57. The first-order valence-electron chi connectivity index (χ1n) is 12.3. The summed E-state index contributed by atoms with van der Waals surface area (Å²) in [4.78, 5) is 34.5. The Morgan fingerprint density at radius 1 is 1.20 bits per heavy atom. The van der Waals surface area contributed by atoms with Crippen LogP contribution in [0.15, 0.2) is 56.1 Å². The molecule has 4 rings (SSSR count). The molecule has 1 aliphatic carbocycles. The maximum Gasteiger partial charge on any atom is 0.330 e. The zero-order chi connectivity index (χ0) is 24.8. The molecule has 0 unspecified atom stereocenters. The van der Waals surface area contributed by atoms with Crippen molar-refractivity contribution in [2.24, 2.45) is 5.92 Å². The zero-order valence-electron chi connectivity index (χ0n) is 20.5. The van der Waals surface area contributed by atoms with Crippen molar-refractivity contribution in [2.45, 2.75) is 65.5 Å². The minimum absolute atomic E-state index is 0.131. The van der Waals surface area contributed by atoms with E-state index in [1.807, 2.05) is 35.2 Å². The molecule has 9 nitrogen and oxygen atoms in total. The molecular weight excluding hydrogens is 444 g/mol. The van der Waals surface area contributed by atoms with Crippen molar-refractivity contribution in [2.75, 3.05) is 17.2 Å². The SMILES string of the molecule is CC(C)Cc1nc(CN(CCC2=CCCCC2)c2c(N)n(Cc3ccccc3)c(=O)[nH]c2=O)no1. The number of H-pyrrole nitrogens is 1. The number of nitrogens with one attached hydrogen (secondary N) is 1. The molecule has 2 aromatic heterocycles. The van der Waals surface area contributed by atoms with Crippen molar-refractivity contribution >= 4 is 11.5 Å². The van der Waals surface area contributed by atoms with E-state index in [4.69, 9.17) is 10.3 Å². The number of benzene rings is 1. The molecule has 35 heavy (non-hydrogen) atoms. The second-order valence-corrected chi connectivity index (χ2v) is 9.55. The van der Waals surface area contributed by atoms with Gasteiger partial charge in [0.25, 0.3) is 5.56 Å². The van der Waals surface area contributed by atoms with Crippen LogP contribution in [0, 0.1) is 5.92 Å². The van der Waals surface area contributed by atoms with E-state index in [2.05, 4.69) is 35.0 Å². The van der Waals surface area contributed by atoms with E-state index >= 15 is 0 Å². The largest absolute Gasteiger partial charge is 0.383 e. The molecule has 0 atom stereocenters. The highest BCUT2D eigenvalue weighted by Crippen LogP contribution is 2.24. The number of nitrogens with zero attached hydrogens (tertiary/aromatic N) is 4. The standard InChI is InChI=1S/C26H34N6O3/c1-18(2)15-22-28-21(30-35-22)17-31(14-13-19-9-5-3-6-10-19)23-24(27)32(26(34)29-25(23)33)16-20-11-7-4-8-12-20/h4,7-9,11-12,18H,3,5-6,10,13-17,27H2,1-2H3,(H,29,33,34). The summed E-state index contributed by atoms with van der Waals surface area (Å²) in [6.07, 6.45) is 8.32. The smallest absolute Gasteiger partial charge is 0.330 e. The third kappa shape index (κ3) is 6.29. The van der Waals surface area contributed by atoms with Crippen molar-refractivity contribution in [1.82, 2.24) is 19.7 Å². The summed E-state index contributed by atoms with van der Waals surface area (Å²) >= 11 is 0. The molecule has 0 saturated carbocycles. The predicted molar refractivity (Wildman–Crippen MR) is 136 cm³/mol. The Balaban J connectivity index is 1.67. The van der Waals surface area contributed by atoms with E-state index in [1.54, 1.807) is 0 Å². The van der Waals surface area contributed by atoms with Gasteiger partial charge in [-0.05, 0) is 43.6 Å². The van der Waals surface area contributed by atoms with Crippen molar-refractivity contribution in [1.29, 1.82) is 0 Å². The number of nitrogen functional groups attached to an aromatic ring is 1. The quantitative estimate of drug-likeness (QED) is 0.426. The monoisotopic (exact) mass is 478 g/mol. The molecule has 0 bridgehead atoms. The van der Waals surface area contributed by atoms with Gasteiger partial charge >= 0.3 is 5.69 Å². The van der Waals surface area contributed by atoms with Gasteiger partial charge in [-0.25, -0.2) is 4.79 Å². The lowest BCUT2D eigenvalue weighted by Crippen LogP contribution is -2.39. The van der Waals surface area contributed by atoms with Gasteiger partial charge in [0.05, 0.1) is 13.1 Å². The minimum atomic E-state index is -0.533. The van der Waals surface area contributed by atoms with E-state index in [9.17, 15) is 9.59 Å². The van der Waals surface area contributed by atoms with Crippen LogP contribution in [0.1, 0.15) is 63.2 Å². The lowest BCUT2D eigenvalue weighted by molar-refractivity contribution is 0.358. The second-order valence-electron chi connectivity index (χ2n) is 9.55. The van der Waals surface area contributed by atoms with E-state index in [1.165, 1.54) is 23.0 Å². The molecule has 2 heterocycles. The minimum Gasteiger partial charge on any atom is -0.383 e. The average Bonchev–Trinajstić information content (AvgIpc) is 3.27. The number of rotatable bonds is 10. The van der Waals surface area contributed by atoms with Crippen molar-refractivity contribution < 1.29 is 4.52 Å². The number of nitrogens with two attached hydrogens (primary N) is 1. The Morgan fingerprint density at radius 3 is 2.71 bits per heavy atom. The number of aromatic nitrogens is 4. The molecular formula is C26H34N6O3. The summed E-state index contributed by atoms with van der Waals surface area (Å²) in [5, 5.41) is 4.13. The first kappa shape index (κ1) is 24.5. The third-order valence-electron chi connectivity index (χ3n) is 6.23. The summed E-state index contributed by atoms with van der Waals surface area (Å²) in [6, 6.07) is 9.55. The zero-order valence-corrected chi connectivity index (χ0v) is 20.5. The molecule has 0 radical (unpaired) electrons. The highest BCUT2D eigenvalue weighted by molar-refractivity contribution is 5.62. The van der Waals surface area contributed by atoms with Gasteiger partial charge in [0.1, 0.15) is 11.5 Å². The van der Waals surface area contributed by atoms with E-state index in [-0.39, 0.29) is 24.6 Å². The van der Waals surface area contributed by atoms with E-state index in [0.29, 0.717) is 30.6 Å². The van der Waals surface area contributed by atoms with Gasteiger partial charge in [-0.2, -0.15) is 4.98 Å². The maximum atomic E-state index is 13.0. The molecule has 3 aromatic rings. The molecule has 0 fully saturated rings. The predicted octanol–water partition coefficient (Wildman–Crippen LogP) is 3.65. The molecule has 9 heteroatoms. The molecule has 1 aromatic carbocycles. The average molecular weight is 479 g/mol. The summed E-state index contributed by atoms with van der Waals surface area (Å²) < 4.78 is 6.82. The maximum absolute atomic E-state index is 13.0. The van der Waals surface area contributed by atoms with Crippen molar-refractivity contribution in [3.05, 3.63) is 80.1 Å². The fourth-order valence-electron chi connectivity index (χ4n) is 4.44. The Morgan fingerprint density at radius 2 is 2.00 bits per heavy atom. The number of aromatic amines is 1. The Labute approximate surface area is 204 Å². The lowest BCUT2D eigenvalue weighted by Gasteiger charge is -2.26. The molecule has 0 amide bonds. The first-order valence-corrected chi connectivity index (χ1v) is 12.3. The topological polar surface area (TPSA) is 123 Å². The Bertz CT molecular complexity index is 1270. The van der Waals surface area contributed by atoms with Crippen LogP contribution < -0.4 is 21.9 Å². The van der Waals surface area contributed by atoms with Crippen LogP contribution in [0.25, 0.3) is 0 Å². The van der Waals surface area contributed by atoms with Crippen LogP contribution in [-0.2, 0) is 19.5 Å². The lowest BCUT2D eigenvalue weighted by atomic mass is 9.97. The van der Waals surface area contributed by atoms with Crippen LogP contribution in [-0.4, -0.2) is 26.2 Å². The molecule has 1 aliphatic rings. The summed E-state index contributed by atoms with van der Waals surface area (Å²) in [6.45, 7) is 5.24. The molecule has 0 saturated heterocycles. The van der Waals surface area contributed by atoms with Gasteiger partial charge in [-0.3, -0.25) is 14.3 Å². The van der Waals surface area contributed by atoms with Crippen LogP contribution >= 0.6 is 0 Å². The van der Waals surface area contributed by atoms with Gasteiger partial charge in [0.15, 0.2) is 5.82 Å². The molecule has 3 N–H and O–H groups in total. The highest BCUT2D eigenvalue weighted by atomic mass is 16.5. The van der Waals surface area contributed by atoms with Crippen LogP contribution in [0.2, 0.25) is 0 Å². The summed E-state index contributed by atoms with van der Waals surface area (Å²) in [5.41, 5.74) is 7.99. The number of allylic oxidation sites excluding steroid dienone is 1. The van der Waals surface area contributed by atoms with Crippen molar-refractivity contribution in [3.8, 4) is 0 Å². The fraction of sp³-hybridized carbons (Fsp3) is 0.462. The number of hydrogen-bond acceptors (Lipinski definition) is 7. The molecule has 186 valence electrons. The van der Waals surface area contributed by atoms with Gasteiger partial charge in [0.2, 0.25) is 5.89 Å². The highest BCUT2D eigenvalue weighted by Gasteiger charge is 2.22. The van der Waals surface area contributed by atoms with Gasteiger partial charge in [0, 0.05) is 13.0 Å². The molecule has 0 spiro atoms. The normalized spacial score (nSPS) is 13.7. The second kappa shape index (κ2) is 11.2. The fourth-order valence-corrected chi connectivity index (χ4v) is 4.44. The van der Waals surface area contributed by atoms with Gasteiger partial charge in [-0.1, -0.05) is 61.0 Å². The van der Waals surface area contributed by atoms with Gasteiger partial charge in [-0.15, -0.1) is 0 Å². The van der Waals surface area contributed by atoms with Crippen molar-refractivity contribution in [3.63, 3.8) is 0 Å². The Kier molecular flexibility index (Phi) is 7.84. The van der Waals surface area contributed by atoms with E-state index in [0.717, 1.165) is 24.8 Å². The van der Waals surface area contributed by atoms with Crippen LogP contribution in [0.3, 0.4) is 0 Å². The van der Waals surface area contributed by atoms with Crippen LogP contribution in [0.4, 0.5) is 11.5 Å². The first-order chi connectivity index (χ1) is 16.9. The molecule has 0 aliphatic heterocycles. The van der Waals surface area contributed by atoms with Gasteiger partial charge < -0.3 is 15.2 Å². The third-order valence-corrected chi connectivity index (χ3v) is 6.23. The number of hydrogen-bond donors (Lipinski definition) is 2.